The van der Waals surface area contributed by atoms with Crippen molar-refractivity contribution in [3.05, 3.63) is 45.4 Å². The molecule has 34 heavy (non-hydrogen) atoms. The summed E-state index contributed by atoms with van der Waals surface area (Å²) in [6.45, 7) is 5.43. The molecule has 0 spiro atoms. The van der Waals surface area contributed by atoms with Crippen LogP contribution in [0.25, 0.3) is 5.57 Å². The molecule has 180 valence electrons. The molecule has 0 unspecified atom stereocenters. The van der Waals surface area contributed by atoms with Crippen molar-refractivity contribution >= 4 is 27.6 Å². The number of anilines is 1. The molecule has 0 amide bonds. The van der Waals surface area contributed by atoms with E-state index in [1.807, 2.05) is 12.3 Å². The molecular formula is C27H36N6S. The summed E-state index contributed by atoms with van der Waals surface area (Å²) >= 11 is 1.53. The van der Waals surface area contributed by atoms with E-state index in [0.717, 1.165) is 73.2 Å². The van der Waals surface area contributed by atoms with Crippen molar-refractivity contribution in [3.8, 4) is 6.07 Å². The van der Waals surface area contributed by atoms with Crippen molar-refractivity contribution in [1.29, 1.82) is 10.7 Å². The molecule has 2 aromatic rings. The lowest BCUT2D eigenvalue weighted by atomic mass is 9.78. The quantitative estimate of drug-likeness (QED) is 0.473. The van der Waals surface area contributed by atoms with Crippen LogP contribution in [0.2, 0.25) is 0 Å². The summed E-state index contributed by atoms with van der Waals surface area (Å²) in [5.74, 6) is 0.819. The van der Waals surface area contributed by atoms with Gasteiger partial charge in [-0.15, -0.1) is 11.3 Å². The fourth-order valence-electron chi connectivity index (χ4n) is 5.59. The highest BCUT2D eigenvalue weighted by atomic mass is 32.1. The molecule has 0 saturated carbocycles. The minimum absolute atomic E-state index is 0.0670. The molecule has 1 saturated heterocycles. The minimum Gasteiger partial charge on any atom is -0.389 e. The van der Waals surface area contributed by atoms with E-state index in [2.05, 4.69) is 36.8 Å². The van der Waals surface area contributed by atoms with Gasteiger partial charge in [-0.3, -0.25) is 0 Å². The number of nitrogens with two attached hydrogens (primary N) is 1. The Labute approximate surface area is 207 Å². The van der Waals surface area contributed by atoms with Gasteiger partial charge in [0.1, 0.15) is 16.9 Å². The van der Waals surface area contributed by atoms with Gasteiger partial charge in [0.15, 0.2) is 0 Å². The summed E-state index contributed by atoms with van der Waals surface area (Å²) in [5.41, 5.74) is 11.4. The molecule has 0 radical (unpaired) electrons. The van der Waals surface area contributed by atoms with Crippen LogP contribution in [0.5, 0.6) is 0 Å². The van der Waals surface area contributed by atoms with Crippen LogP contribution in [0.4, 0.5) is 5.00 Å². The van der Waals surface area contributed by atoms with Gasteiger partial charge in [0.05, 0.1) is 11.3 Å². The predicted octanol–water partition coefficient (Wildman–Crippen LogP) is 5.73. The smallest absolute Gasteiger partial charge is 0.128 e. The van der Waals surface area contributed by atoms with Crippen molar-refractivity contribution in [2.24, 2.45) is 0 Å². The largest absolute Gasteiger partial charge is 0.389 e. The fraction of sp³-hybridized carbons (Fsp3) is 0.556. The Morgan fingerprint density at radius 3 is 2.88 bits per heavy atom. The van der Waals surface area contributed by atoms with Crippen LogP contribution >= 0.6 is 11.3 Å². The van der Waals surface area contributed by atoms with E-state index < -0.39 is 0 Å². The standard InChI is InChI=1S/C27H36N6S/c1-4-7-19(26(29)20-9-5-10-23-25(20)21(16-28)27(30)34-23)17(2)22-13-14-31-24(32-22)12-11-18-8-6-15-33(18)3/h13-14,18,20,29H,4-12,15,30H2,1-3H3/b19-17+,29-26?/t18-,20-/m0/s1. The molecule has 1 aliphatic carbocycles. The number of nitrogens with one attached hydrogen (secondary N) is 1. The molecule has 0 aromatic carbocycles. The molecule has 2 aromatic heterocycles. The minimum atomic E-state index is -0.0670. The zero-order valence-electron chi connectivity index (χ0n) is 20.7. The Kier molecular flexibility index (Phi) is 7.80. The lowest BCUT2D eigenvalue weighted by molar-refractivity contribution is 0.295. The first-order chi connectivity index (χ1) is 16.4. The van der Waals surface area contributed by atoms with E-state index in [-0.39, 0.29) is 5.92 Å². The molecule has 3 heterocycles. The zero-order valence-corrected chi connectivity index (χ0v) is 21.5. The molecule has 0 bridgehead atoms. The average molecular weight is 477 g/mol. The van der Waals surface area contributed by atoms with Crippen molar-refractivity contribution < 1.29 is 0 Å². The van der Waals surface area contributed by atoms with Gasteiger partial charge in [0.2, 0.25) is 0 Å². The molecule has 1 aliphatic heterocycles. The average Bonchev–Trinajstić information content (AvgIpc) is 3.41. The number of hydrogen-bond donors (Lipinski definition) is 2. The van der Waals surface area contributed by atoms with Crippen molar-refractivity contribution in [3.63, 3.8) is 0 Å². The summed E-state index contributed by atoms with van der Waals surface area (Å²) in [5, 5.41) is 19.6. The van der Waals surface area contributed by atoms with Crippen LogP contribution in [0.15, 0.2) is 17.8 Å². The van der Waals surface area contributed by atoms with E-state index in [4.69, 9.17) is 10.7 Å². The molecule has 1 fully saturated rings. The summed E-state index contributed by atoms with van der Waals surface area (Å²) in [6, 6.07) is 4.91. The Morgan fingerprint density at radius 1 is 1.35 bits per heavy atom. The Bertz CT molecular complexity index is 1120. The molecule has 2 atom stereocenters. The SMILES string of the molecule is CCC/C(C(=N)[C@H]1CCCc2sc(N)c(C#N)c21)=C(/C)c1ccnc(CC[C@@H]2CCCN2C)n1. The van der Waals surface area contributed by atoms with Gasteiger partial charge in [-0.2, -0.15) is 5.26 Å². The van der Waals surface area contributed by atoms with Crippen molar-refractivity contribution in [2.75, 3.05) is 19.3 Å². The number of aromatic nitrogens is 2. The maximum atomic E-state index is 9.74. The Balaban J connectivity index is 1.62. The Hall–Kier alpha value is -2.56. The number of hydrogen-bond acceptors (Lipinski definition) is 7. The molecule has 7 heteroatoms. The van der Waals surface area contributed by atoms with Gasteiger partial charge < -0.3 is 16.0 Å². The van der Waals surface area contributed by atoms with Crippen molar-refractivity contribution in [1.82, 2.24) is 14.9 Å². The molecule has 2 aliphatic rings. The van der Waals surface area contributed by atoms with E-state index in [1.54, 1.807) is 0 Å². The molecule has 4 rings (SSSR count). The second-order valence-electron chi connectivity index (χ2n) is 9.68. The third-order valence-corrected chi connectivity index (χ3v) is 8.59. The van der Waals surface area contributed by atoms with Gasteiger partial charge in [0.25, 0.3) is 0 Å². The van der Waals surface area contributed by atoms with Crippen molar-refractivity contribution in [2.45, 2.75) is 83.6 Å². The predicted molar refractivity (Wildman–Crippen MR) is 140 cm³/mol. The maximum absolute atomic E-state index is 9.74. The van der Waals surface area contributed by atoms with Gasteiger partial charge in [0, 0.05) is 35.2 Å². The monoisotopic (exact) mass is 476 g/mol. The summed E-state index contributed by atoms with van der Waals surface area (Å²) < 4.78 is 0. The van der Waals surface area contributed by atoms with Gasteiger partial charge in [-0.1, -0.05) is 13.3 Å². The van der Waals surface area contributed by atoms with Crippen LogP contribution < -0.4 is 5.73 Å². The van der Waals surface area contributed by atoms with Gasteiger partial charge in [-0.25, -0.2) is 9.97 Å². The van der Waals surface area contributed by atoms with E-state index in [1.165, 1.54) is 35.6 Å². The first-order valence-corrected chi connectivity index (χ1v) is 13.4. The first kappa shape index (κ1) is 24.6. The molecule has 3 N–H and O–H groups in total. The van der Waals surface area contributed by atoms with E-state index in [0.29, 0.717) is 22.3 Å². The van der Waals surface area contributed by atoms with Crippen LogP contribution in [0, 0.1) is 16.7 Å². The lowest BCUT2D eigenvalue weighted by Gasteiger charge is -2.26. The van der Waals surface area contributed by atoms with Crippen LogP contribution in [0.1, 0.15) is 92.2 Å². The number of nitriles is 1. The molecule has 6 nitrogen and oxygen atoms in total. The number of rotatable bonds is 8. The summed E-state index contributed by atoms with van der Waals surface area (Å²) in [4.78, 5) is 13.1. The van der Waals surface area contributed by atoms with E-state index in [9.17, 15) is 10.7 Å². The highest BCUT2D eigenvalue weighted by Crippen LogP contribution is 2.44. The first-order valence-electron chi connectivity index (χ1n) is 12.6. The molecular weight excluding hydrogens is 440 g/mol. The topological polar surface area (TPSA) is 103 Å². The number of thiophene rings is 1. The highest BCUT2D eigenvalue weighted by molar-refractivity contribution is 7.16. The fourth-order valence-corrected chi connectivity index (χ4v) is 6.71. The number of aryl methyl sites for hydroxylation is 2. The number of fused-ring (bicyclic) bond motifs is 1. The highest BCUT2D eigenvalue weighted by Gasteiger charge is 2.32. The number of nitrogens with zero attached hydrogens (tertiary/aromatic N) is 4. The van der Waals surface area contributed by atoms with Gasteiger partial charge in [-0.05, 0) is 88.2 Å². The van der Waals surface area contributed by atoms with Crippen LogP contribution in [0.3, 0.4) is 0 Å². The van der Waals surface area contributed by atoms with E-state index >= 15 is 0 Å². The second kappa shape index (κ2) is 10.8. The Morgan fingerprint density at radius 2 is 2.18 bits per heavy atom. The number of allylic oxidation sites excluding steroid dienone is 2. The number of likely N-dealkylation sites (tertiary alicyclic amines) is 1. The van der Waals surface area contributed by atoms with Crippen LogP contribution in [-0.4, -0.2) is 40.2 Å². The third kappa shape index (κ3) is 4.94. The van der Waals surface area contributed by atoms with Gasteiger partial charge >= 0.3 is 0 Å². The summed E-state index contributed by atoms with van der Waals surface area (Å²) in [7, 11) is 2.21. The zero-order chi connectivity index (χ0) is 24.2. The maximum Gasteiger partial charge on any atom is 0.128 e. The number of nitrogen functional groups attached to an aromatic ring is 1. The summed E-state index contributed by atoms with van der Waals surface area (Å²) in [6.07, 6.45) is 11.0. The van der Waals surface area contributed by atoms with Crippen LogP contribution in [-0.2, 0) is 12.8 Å². The normalized spacial score (nSPS) is 21.1. The third-order valence-electron chi connectivity index (χ3n) is 7.49. The lowest BCUT2D eigenvalue weighted by Crippen LogP contribution is -2.25. The second-order valence-corrected chi connectivity index (χ2v) is 10.8.